The average molecular weight is 167 g/mol. The Labute approximate surface area is 77.6 Å². The van der Waals surface area contributed by atoms with Crippen LogP contribution >= 0.6 is 0 Å². The van der Waals surface area contributed by atoms with Crippen molar-refractivity contribution in [2.45, 2.75) is 34.6 Å². The summed E-state index contributed by atoms with van der Waals surface area (Å²) in [6.07, 6.45) is 10.3. The van der Waals surface area contributed by atoms with Gasteiger partial charge in [-0.2, -0.15) is 0 Å². The normalized spacial score (nSPS) is 8.00. The lowest BCUT2D eigenvalue weighted by molar-refractivity contribution is 1.14. The van der Waals surface area contributed by atoms with E-state index in [0.717, 1.165) is 6.54 Å². The second kappa shape index (κ2) is 32.5. The number of terminal acetylenes is 1. The molecule has 0 rings (SSSR count). The third-order valence-electron chi connectivity index (χ3n) is 0.566. The van der Waals surface area contributed by atoms with E-state index in [-0.39, 0.29) is 0 Å². The second-order valence-electron chi connectivity index (χ2n) is 1.46. The molecule has 0 fully saturated rings. The molecule has 1 nitrogen and oxygen atoms in total. The smallest absolute Gasteiger partial charge is 0.0360 e. The first kappa shape index (κ1) is 17.2. The molecule has 0 saturated heterocycles. The molecule has 0 aliphatic carbocycles. The zero-order valence-electron chi connectivity index (χ0n) is 8.96. The van der Waals surface area contributed by atoms with Crippen LogP contribution in [0.25, 0.3) is 0 Å². The van der Waals surface area contributed by atoms with Crippen LogP contribution in [0, 0.1) is 12.3 Å². The molecule has 0 aliphatic heterocycles. The highest BCUT2D eigenvalue weighted by molar-refractivity contribution is 5.70. The van der Waals surface area contributed by atoms with Gasteiger partial charge in [0, 0.05) is 12.8 Å². The Morgan fingerprint density at radius 3 is 2.08 bits per heavy atom. The molecule has 0 heterocycles. The van der Waals surface area contributed by atoms with Crippen molar-refractivity contribution in [2.24, 2.45) is 4.99 Å². The second-order valence-corrected chi connectivity index (χ2v) is 1.46. The molecule has 0 unspecified atom stereocenters. The highest BCUT2D eigenvalue weighted by atomic mass is 14.7. The molecule has 0 spiro atoms. The van der Waals surface area contributed by atoms with Crippen LogP contribution < -0.4 is 0 Å². The fourth-order valence-electron chi connectivity index (χ4n) is 0.252. The SMILES string of the molecule is C#CC.C/C=C\C=NCC.CC. The van der Waals surface area contributed by atoms with E-state index in [1.807, 2.05) is 39.8 Å². The highest BCUT2D eigenvalue weighted by Crippen LogP contribution is 1.65. The summed E-state index contributed by atoms with van der Waals surface area (Å²) >= 11 is 0. The molecule has 0 amide bonds. The lowest BCUT2D eigenvalue weighted by atomic mass is 10.6. The maximum absolute atomic E-state index is 4.60. The van der Waals surface area contributed by atoms with Crippen molar-refractivity contribution in [2.75, 3.05) is 6.54 Å². The first-order chi connectivity index (χ1) is 5.83. The van der Waals surface area contributed by atoms with E-state index in [2.05, 4.69) is 17.3 Å². The standard InChI is InChI=1S/C6H11N.C3H4.C2H6/c1-3-5-6-7-4-2;1-3-2;1-2/h3,5-6H,4H2,1-2H3;1H,2H3;1-2H3/b5-3-,7-6?;;. The summed E-state index contributed by atoms with van der Waals surface area (Å²) in [6.45, 7) is 10.5. The Hall–Kier alpha value is -1.03. The fraction of sp³-hybridized carbons (Fsp3) is 0.545. The van der Waals surface area contributed by atoms with Crippen molar-refractivity contribution in [3.63, 3.8) is 0 Å². The van der Waals surface area contributed by atoms with Crippen LogP contribution in [0.5, 0.6) is 0 Å². The summed E-state index contributed by atoms with van der Waals surface area (Å²) < 4.78 is 0. The Morgan fingerprint density at radius 2 is 1.83 bits per heavy atom. The predicted octanol–water partition coefficient (Wildman–Crippen LogP) is 3.32. The molecule has 70 valence electrons. The van der Waals surface area contributed by atoms with Crippen molar-refractivity contribution < 1.29 is 0 Å². The number of hydrogen-bond acceptors (Lipinski definition) is 1. The molecule has 0 aliphatic rings. The van der Waals surface area contributed by atoms with Crippen LogP contribution in [0.4, 0.5) is 0 Å². The van der Waals surface area contributed by atoms with Gasteiger partial charge in [-0.25, -0.2) is 0 Å². The maximum atomic E-state index is 4.60. The van der Waals surface area contributed by atoms with Crippen LogP contribution in [0.15, 0.2) is 17.1 Å². The molecule has 0 bridgehead atoms. The maximum Gasteiger partial charge on any atom is 0.0360 e. The van der Waals surface area contributed by atoms with E-state index < -0.39 is 0 Å². The van der Waals surface area contributed by atoms with Gasteiger partial charge in [-0.15, -0.1) is 12.3 Å². The van der Waals surface area contributed by atoms with Gasteiger partial charge in [0.05, 0.1) is 0 Å². The van der Waals surface area contributed by atoms with Crippen LogP contribution in [0.1, 0.15) is 34.6 Å². The number of allylic oxidation sites excluding steroid dienone is 2. The monoisotopic (exact) mass is 167 g/mol. The molecule has 0 N–H and O–H groups in total. The quantitative estimate of drug-likeness (QED) is 0.442. The molecule has 12 heavy (non-hydrogen) atoms. The summed E-state index contributed by atoms with van der Waals surface area (Å²) in [4.78, 5) is 3.95. The number of aliphatic imine (C=N–C) groups is 1. The highest BCUT2D eigenvalue weighted by Gasteiger charge is 1.57. The van der Waals surface area contributed by atoms with Gasteiger partial charge in [0.2, 0.25) is 0 Å². The van der Waals surface area contributed by atoms with E-state index in [4.69, 9.17) is 0 Å². The number of nitrogens with zero attached hydrogens (tertiary/aromatic N) is 1. The van der Waals surface area contributed by atoms with Gasteiger partial charge < -0.3 is 0 Å². The topological polar surface area (TPSA) is 12.4 Å². The Balaban J connectivity index is -0.000000137. The fourth-order valence-corrected chi connectivity index (χ4v) is 0.252. The van der Waals surface area contributed by atoms with Gasteiger partial charge >= 0.3 is 0 Å². The van der Waals surface area contributed by atoms with Gasteiger partial charge in [-0.3, -0.25) is 4.99 Å². The zero-order valence-corrected chi connectivity index (χ0v) is 8.96. The molecular weight excluding hydrogens is 146 g/mol. The van der Waals surface area contributed by atoms with Crippen molar-refractivity contribution >= 4 is 6.21 Å². The Morgan fingerprint density at radius 1 is 1.42 bits per heavy atom. The van der Waals surface area contributed by atoms with Crippen molar-refractivity contribution in [3.05, 3.63) is 12.2 Å². The van der Waals surface area contributed by atoms with Crippen LogP contribution in [0.3, 0.4) is 0 Å². The average Bonchev–Trinajstić information content (AvgIpc) is 2.11. The van der Waals surface area contributed by atoms with E-state index in [9.17, 15) is 0 Å². The summed E-state index contributed by atoms with van der Waals surface area (Å²) in [5.74, 6) is 2.25. The van der Waals surface area contributed by atoms with Gasteiger partial charge in [0.1, 0.15) is 0 Å². The predicted molar refractivity (Wildman–Crippen MR) is 59.7 cm³/mol. The largest absolute Gasteiger partial charge is 0.293 e. The lowest BCUT2D eigenvalue weighted by Gasteiger charge is -1.72. The molecule has 0 aromatic carbocycles. The van der Waals surface area contributed by atoms with Crippen LogP contribution in [0.2, 0.25) is 0 Å². The number of hydrogen-bond donors (Lipinski definition) is 0. The van der Waals surface area contributed by atoms with Crippen LogP contribution in [-0.4, -0.2) is 12.8 Å². The molecule has 0 atom stereocenters. The molecule has 0 radical (unpaired) electrons. The Kier molecular flexibility index (Phi) is 46.5. The minimum absolute atomic E-state index is 0.879. The Bertz CT molecular complexity index is 126. The minimum Gasteiger partial charge on any atom is -0.293 e. The van der Waals surface area contributed by atoms with E-state index in [1.54, 1.807) is 13.1 Å². The number of rotatable bonds is 2. The minimum atomic E-state index is 0.879. The zero-order chi connectivity index (χ0) is 10.2. The third kappa shape index (κ3) is 64.6. The summed E-state index contributed by atoms with van der Waals surface area (Å²) in [6, 6.07) is 0. The third-order valence-corrected chi connectivity index (χ3v) is 0.566. The van der Waals surface area contributed by atoms with E-state index in [1.165, 1.54) is 0 Å². The summed E-state index contributed by atoms with van der Waals surface area (Å²) in [5, 5.41) is 0. The first-order valence-corrected chi connectivity index (χ1v) is 4.31. The molecular formula is C11H21N. The van der Waals surface area contributed by atoms with Gasteiger partial charge in [0.15, 0.2) is 0 Å². The first-order valence-electron chi connectivity index (χ1n) is 4.31. The summed E-state index contributed by atoms with van der Waals surface area (Å²) in [5.41, 5.74) is 0. The molecule has 0 aromatic rings. The molecule has 0 saturated carbocycles. The molecule has 0 aromatic heterocycles. The van der Waals surface area contributed by atoms with Gasteiger partial charge in [-0.05, 0) is 26.8 Å². The van der Waals surface area contributed by atoms with Crippen molar-refractivity contribution in [1.29, 1.82) is 0 Å². The van der Waals surface area contributed by atoms with Crippen molar-refractivity contribution in [3.8, 4) is 12.3 Å². The van der Waals surface area contributed by atoms with Crippen LogP contribution in [-0.2, 0) is 0 Å². The lowest BCUT2D eigenvalue weighted by Crippen LogP contribution is -1.66. The van der Waals surface area contributed by atoms with E-state index >= 15 is 0 Å². The molecule has 1 heteroatoms. The van der Waals surface area contributed by atoms with Gasteiger partial charge in [-0.1, -0.05) is 19.9 Å². The summed E-state index contributed by atoms with van der Waals surface area (Å²) in [7, 11) is 0. The van der Waals surface area contributed by atoms with Crippen molar-refractivity contribution in [1.82, 2.24) is 0 Å². The van der Waals surface area contributed by atoms with Gasteiger partial charge in [0.25, 0.3) is 0 Å². The van der Waals surface area contributed by atoms with E-state index in [0.29, 0.717) is 0 Å².